The molecule has 10 nitrogen and oxygen atoms in total. The monoisotopic (exact) mass is 418 g/mol. The lowest BCUT2D eigenvalue weighted by atomic mass is 10.2. The predicted molar refractivity (Wildman–Crippen MR) is 104 cm³/mol. The summed E-state index contributed by atoms with van der Waals surface area (Å²) in [6.45, 7) is 2.93. The van der Waals surface area contributed by atoms with Gasteiger partial charge in [-0.1, -0.05) is 6.42 Å². The number of nitrogens with zero attached hydrogens (tertiary/aromatic N) is 5. The highest BCUT2D eigenvalue weighted by Gasteiger charge is 2.27. The van der Waals surface area contributed by atoms with E-state index in [2.05, 4.69) is 15.5 Å². The second-order valence-corrected chi connectivity index (χ2v) is 8.44. The average molecular weight is 418 g/mol. The summed E-state index contributed by atoms with van der Waals surface area (Å²) < 4.78 is 34.2. The molecule has 0 atom stereocenters. The van der Waals surface area contributed by atoms with E-state index in [4.69, 9.17) is 10.00 Å². The number of carbonyl (C=O) groups excluding carboxylic acids is 1. The van der Waals surface area contributed by atoms with Crippen LogP contribution in [0.5, 0.6) is 5.75 Å². The average Bonchev–Trinajstić information content (AvgIpc) is 3.17. The number of ether oxygens (including phenoxy) is 1. The summed E-state index contributed by atoms with van der Waals surface area (Å²) in [6.07, 6.45) is 3.96. The van der Waals surface area contributed by atoms with Gasteiger partial charge < -0.3 is 10.1 Å². The smallest absolute Gasteiger partial charge is 0.244 e. The minimum Gasteiger partial charge on any atom is -0.492 e. The number of sulfonamides is 1. The van der Waals surface area contributed by atoms with Crippen molar-refractivity contribution < 1.29 is 17.9 Å². The third-order valence-corrected chi connectivity index (χ3v) is 6.40. The zero-order chi connectivity index (χ0) is 20.9. The molecule has 0 aliphatic carbocycles. The van der Waals surface area contributed by atoms with Crippen LogP contribution >= 0.6 is 0 Å². The molecule has 1 aliphatic heterocycles. The van der Waals surface area contributed by atoms with Crippen LogP contribution in [-0.2, 0) is 21.4 Å². The summed E-state index contributed by atoms with van der Waals surface area (Å²) in [5, 5.41) is 18.8. The molecular weight excluding hydrogens is 396 g/mol. The summed E-state index contributed by atoms with van der Waals surface area (Å²) >= 11 is 0. The Morgan fingerprint density at radius 1 is 1.31 bits per heavy atom. The third-order valence-electron chi connectivity index (χ3n) is 4.51. The van der Waals surface area contributed by atoms with Crippen LogP contribution in [0.3, 0.4) is 0 Å². The lowest BCUT2D eigenvalue weighted by molar-refractivity contribution is -0.116. The number of nitrogens with one attached hydrogen (secondary N) is 1. The first-order valence-electron chi connectivity index (χ1n) is 9.30. The lowest BCUT2D eigenvalue weighted by Gasteiger charge is -2.26. The largest absolute Gasteiger partial charge is 0.492 e. The molecule has 1 N–H and O–H groups in total. The van der Waals surface area contributed by atoms with Crippen molar-refractivity contribution in [2.24, 2.45) is 0 Å². The number of amides is 1. The fourth-order valence-electron chi connectivity index (χ4n) is 3.10. The van der Waals surface area contributed by atoms with Crippen molar-refractivity contribution in [1.29, 1.82) is 5.26 Å². The number of carbonyl (C=O) groups is 1. The number of aromatic nitrogens is 3. The quantitative estimate of drug-likeness (QED) is 0.718. The molecule has 11 heteroatoms. The van der Waals surface area contributed by atoms with E-state index < -0.39 is 15.9 Å². The fraction of sp³-hybridized carbons (Fsp3) is 0.444. The number of rotatable bonds is 7. The van der Waals surface area contributed by atoms with E-state index in [1.54, 1.807) is 6.92 Å². The van der Waals surface area contributed by atoms with Gasteiger partial charge in [-0.2, -0.15) is 9.57 Å². The fourth-order valence-corrected chi connectivity index (χ4v) is 4.65. The van der Waals surface area contributed by atoms with E-state index in [1.807, 2.05) is 6.07 Å². The van der Waals surface area contributed by atoms with Crippen LogP contribution in [0.4, 0.5) is 5.69 Å². The van der Waals surface area contributed by atoms with Crippen LogP contribution in [-0.4, -0.2) is 53.1 Å². The first-order chi connectivity index (χ1) is 14.0. The zero-order valence-corrected chi connectivity index (χ0v) is 16.9. The van der Waals surface area contributed by atoms with Crippen LogP contribution in [0.2, 0.25) is 0 Å². The number of benzene rings is 1. The highest BCUT2D eigenvalue weighted by Crippen LogP contribution is 2.30. The highest BCUT2D eigenvalue weighted by atomic mass is 32.2. The second kappa shape index (κ2) is 9.02. The minimum absolute atomic E-state index is 0.00612. The molecule has 1 aromatic heterocycles. The lowest BCUT2D eigenvalue weighted by Crippen LogP contribution is -2.35. The van der Waals surface area contributed by atoms with Gasteiger partial charge >= 0.3 is 0 Å². The molecule has 1 aliphatic rings. The first kappa shape index (κ1) is 20.8. The normalized spacial score (nSPS) is 14.9. The topological polar surface area (TPSA) is 130 Å². The highest BCUT2D eigenvalue weighted by molar-refractivity contribution is 7.89. The Morgan fingerprint density at radius 3 is 2.76 bits per heavy atom. The van der Waals surface area contributed by atoms with Crippen LogP contribution in [0.15, 0.2) is 29.4 Å². The van der Waals surface area contributed by atoms with Crippen molar-refractivity contribution in [2.75, 3.05) is 25.0 Å². The van der Waals surface area contributed by atoms with Gasteiger partial charge in [-0.3, -0.25) is 9.36 Å². The maximum absolute atomic E-state index is 12.9. The van der Waals surface area contributed by atoms with Gasteiger partial charge in [0.1, 0.15) is 24.7 Å². The van der Waals surface area contributed by atoms with Crippen molar-refractivity contribution in [1.82, 2.24) is 19.1 Å². The SMILES string of the molecule is CCOc1ccc(S(=O)(=O)N2CCCCC2)cc1NC(=O)Cn1cnnc1C#N. The Labute approximate surface area is 169 Å². The Bertz CT molecular complexity index is 1020. The van der Waals surface area contributed by atoms with E-state index in [0.29, 0.717) is 25.4 Å². The van der Waals surface area contributed by atoms with E-state index in [1.165, 1.54) is 33.4 Å². The standard InChI is InChI=1S/C18H22N6O4S/c1-2-28-16-7-6-14(29(26,27)24-8-4-3-5-9-24)10-15(16)21-18(25)12-23-13-20-22-17(23)11-19/h6-7,10,13H,2-5,8-9,12H2,1H3,(H,21,25). The molecule has 0 bridgehead atoms. The Hall–Kier alpha value is -2.97. The molecule has 1 fully saturated rings. The maximum Gasteiger partial charge on any atom is 0.244 e. The second-order valence-electron chi connectivity index (χ2n) is 6.50. The molecule has 1 amide bonds. The molecule has 0 unspecified atom stereocenters. The zero-order valence-electron chi connectivity index (χ0n) is 16.0. The van der Waals surface area contributed by atoms with Crippen molar-refractivity contribution >= 4 is 21.6 Å². The Balaban J connectivity index is 1.85. The molecule has 0 radical (unpaired) electrons. The summed E-state index contributed by atoms with van der Waals surface area (Å²) in [4.78, 5) is 12.6. The van der Waals surface area contributed by atoms with E-state index in [0.717, 1.165) is 19.3 Å². The Morgan fingerprint density at radius 2 is 2.07 bits per heavy atom. The molecular formula is C18H22N6O4S. The van der Waals surface area contributed by atoms with Crippen molar-refractivity contribution in [3.05, 3.63) is 30.4 Å². The van der Waals surface area contributed by atoms with Crippen molar-refractivity contribution in [3.8, 4) is 11.8 Å². The van der Waals surface area contributed by atoms with Gasteiger partial charge in [-0.25, -0.2) is 8.42 Å². The Kier molecular flexibility index (Phi) is 6.46. The van der Waals surface area contributed by atoms with Crippen LogP contribution in [0.25, 0.3) is 0 Å². The summed E-state index contributed by atoms with van der Waals surface area (Å²) in [7, 11) is -3.65. The van der Waals surface area contributed by atoms with Gasteiger partial charge in [0.05, 0.1) is 17.2 Å². The van der Waals surface area contributed by atoms with Crippen LogP contribution in [0.1, 0.15) is 32.0 Å². The van der Waals surface area contributed by atoms with E-state index in [9.17, 15) is 13.2 Å². The van der Waals surface area contributed by atoms with Crippen molar-refractivity contribution in [2.45, 2.75) is 37.6 Å². The number of anilines is 1. The van der Waals surface area contributed by atoms with Crippen LogP contribution < -0.4 is 10.1 Å². The molecule has 29 heavy (non-hydrogen) atoms. The van der Waals surface area contributed by atoms with E-state index >= 15 is 0 Å². The van der Waals surface area contributed by atoms with Gasteiger partial charge in [0.25, 0.3) is 0 Å². The number of piperidine rings is 1. The molecule has 1 aromatic carbocycles. The molecule has 0 saturated carbocycles. The number of hydrogen-bond donors (Lipinski definition) is 1. The molecule has 154 valence electrons. The molecule has 2 heterocycles. The van der Waals surface area contributed by atoms with Crippen molar-refractivity contribution in [3.63, 3.8) is 0 Å². The number of nitriles is 1. The molecule has 2 aromatic rings. The summed E-state index contributed by atoms with van der Waals surface area (Å²) in [5.41, 5.74) is 0.251. The van der Waals surface area contributed by atoms with Crippen LogP contribution in [0, 0.1) is 11.3 Å². The summed E-state index contributed by atoms with van der Waals surface area (Å²) in [5.74, 6) is -0.0934. The third kappa shape index (κ3) is 4.72. The van der Waals surface area contributed by atoms with Gasteiger partial charge in [-0.05, 0) is 38.0 Å². The minimum atomic E-state index is -3.65. The maximum atomic E-state index is 12.9. The predicted octanol–water partition coefficient (Wildman–Crippen LogP) is 1.36. The molecule has 0 spiro atoms. The molecule has 1 saturated heterocycles. The number of hydrogen-bond acceptors (Lipinski definition) is 7. The van der Waals surface area contributed by atoms with E-state index in [-0.39, 0.29) is 23.0 Å². The van der Waals surface area contributed by atoms with Gasteiger partial charge in [-0.15, -0.1) is 10.2 Å². The summed E-state index contributed by atoms with van der Waals surface area (Å²) in [6, 6.07) is 6.27. The molecule has 3 rings (SSSR count). The van der Waals surface area contributed by atoms with Gasteiger partial charge in [0.2, 0.25) is 21.8 Å². The first-order valence-corrected chi connectivity index (χ1v) is 10.7. The van der Waals surface area contributed by atoms with Gasteiger partial charge in [0.15, 0.2) is 0 Å². The van der Waals surface area contributed by atoms with Gasteiger partial charge in [0, 0.05) is 13.1 Å².